The summed E-state index contributed by atoms with van der Waals surface area (Å²) in [5.41, 5.74) is -0.0903. The van der Waals surface area contributed by atoms with Gasteiger partial charge in [-0.2, -0.15) is 0 Å². The number of rotatable bonds is 16. The van der Waals surface area contributed by atoms with E-state index in [1.807, 2.05) is 0 Å². The number of alkyl carbamates (subject to hydrolysis) is 1. The zero-order chi connectivity index (χ0) is 27.8. The first-order valence-electron chi connectivity index (χ1n) is 13.9. The molecule has 3 amide bonds. The number of carbonyl (C=O) groups excluding carboxylic acids is 3. The fourth-order valence-corrected chi connectivity index (χ4v) is 4.04. The van der Waals surface area contributed by atoms with Crippen molar-refractivity contribution in [1.29, 1.82) is 0 Å². The molecule has 0 saturated heterocycles. The van der Waals surface area contributed by atoms with Gasteiger partial charge in [0.05, 0.1) is 0 Å². The Labute approximate surface area is 223 Å². The summed E-state index contributed by atoms with van der Waals surface area (Å²) in [6, 6.07) is 4.60. The lowest BCUT2D eigenvalue weighted by atomic mass is 10.0. The van der Waals surface area contributed by atoms with Crippen molar-refractivity contribution in [3.05, 3.63) is 29.8 Å². The Balaban J connectivity index is 3.18. The molecule has 0 heterocycles. The minimum Gasteiger partial charge on any atom is -0.508 e. The zero-order valence-corrected chi connectivity index (χ0v) is 23.8. The number of hydrogen-bond donors (Lipinski definition) is 3. The van der Waals surface area contributed by atoms with E-state index in [0.29, 0.717) is 18.7 Å². The van der Waals surface area contributed by atoms with Crippen molar-refractivity contribution in [2.45, 2.75) is 117 Å². The number of carbonyl (C=O) groups is 3. The molecule has 0 fully saturated rings. The van der Waals surface area contributed by atoms with Crippen LogP contribution in [0.15, 0.2) is 24.3 Å². The number of ether oxygens (including phenoxy) is 1. The number of amides is 3. The highest BCUT2D eigenvalue weighted by Gasteiger charge is 2.34. The fraction of sp³-hybridized carbons (Fsp3) is 0.690. The van der Waals surface area contributed by atoms with Gasteiger partial charge in [-0.15, -0.1) is 0 Å². The van der Waals surface area contributed by atoms with Crippen LogP contribution < -0.4 is 10.6 Å². The Morgan fingerprint density at radius 3 is 2.08 bits per heavy atom. The Morgan fingerprint density at radius 2 is 1.49 bits per heavy atom. The normalized spacial score (nSPS) is 12.9. The Morgan fingerprint density at radius 1 is 0.919 bits per heavy atom. The minimum atomic E-state index is -0.887. The van der Waals surface area contributed by atoms with Gasteiger partial charge in [0.25, 0.3) is 0 Å². The van der Waals surface area contributed by atoms with Crippen molar-refractivity contribution in [2.24, 2.45) is 0 Å². The van der Waals surface area contributed by atoms with E-state index in [9.17, 15) is 19.5 Å². The summed E-state index contributed by atoms with van der Waals surface area (Å²) >= 11 is 0. The van der Waals surface area contributed by atoms with Gasteiger partial charge in [0, 0.05) is 13.1 Å². The van der Waals surface area contributed by atoms with E-state index in [2.05, 4.69) is 24.5 Å². The monoisotopic (exact) mass is 519 g/mol. The molecule has 37 heavy (non-hydrogen) atoms. The summed E-state index contributed by atoms with van der Waals surface area (Å²) in [6.07, 6.45) is 8.43. The lowest BCUT2D eigenvalue weighted by molar-refractivity contribution is -0.142. The quantitative estimate of drug-likeness (QED) is 0.238. The van der Waals surface area contributed by atoms with E-state index in [4.69, 9.17) is 4.74 Å². The topological polar surface area (TPSA) is 108 Å². The summed E-state index contributed by atoms with van der Waals surface area (Å²) in [6.45, 7) is 12.0. The Kier molecular flexibility index (Phi) is 14.7. The van der Waals surface area contributed by atoms with Crippen LogP contribution in [0.1, 0.15) is 111 Å². The highest BCUT2D eigenvalue weighted by atomic mass is 16.6. The van der Waals surface area contributed by atoms with Crippen LogP contribution in [-0.4, -0.2) is 52.6 Å². The fourth-order valence-electron chi connectivity index (χ4n) is 4.04. The largest absolute Gasteiger partial charge is 0.508 e. The molecule has 0 aliphatic rings. The van der Waals surface area contributed by atoms with Crippen molar-refractivity contribution >= 4 is 17.9 Å². The molecule has 8 nitrogen and oxygen atoms in total. The molecule has 3 N–H and O–H groups in total. The molecule has 0 bridgehead atoms. The predicted molar refractivity (Wildman–Crippen MR) is 147 cm³/mol. The van der Waals surface area contributed by atoms with E-state index in [0.717, 1.165) is 51.4 Å². The molecule has 1 aromatic rings. The summed E-state index contributed by atoms with van der Waals surface area (Å²) in [5, 5.41) is 15.4. The van der Waals surface area contributed by atoms with Crippen LogP contribution in [0.3, 0.4) is 0 Å². The molecule has 2 unspecified atom stereocenters. The van der Waals surface area contributed by atoms with E-state index in [1.165, 1.54) is 18.6 Å². The summed E-state index contributed by atoms with van der Waals surface area (Å²) in [4.78, 5) is 41.1. The number of benzene rings is 1. The molecule has 0 aliphatic carbocycles. The Bertz CT molecular complexity index is 820. The highest BCUT2D eigenvalue weighted by molar-refractivity contribution is 5.92. The van der Waals surface area contributed by atoms with Crippen LogP contribution in [0.2, 0.25) is 0 Å². The average molecular weight is 520 g/mol. The summed E-state index contributed by atoms with van der Waals surface area (Å²) in [7, 11) is 0. The second-order valence-electron chi connectivity index (χ2n) is 10.7. The third kappa shape index (κ3) is 12.8. The average Bonchev–Trinajstić information content (AvgIpc) is 2.82. The molecule has 0 radical (unpaired) electrons. The number of unbranched alkanes of at least 4 members (excludes halogenated alkanes) is 7. The van der Waals surface area contributed by atoms with Gasteiger partial charge in [0.15, 0.2) is 0 Å². The summed E-state index contributed by atoms with van der Waals surface area (Å²) in [5.74, 6) is -0.550. The highest BCUT2D eigenvalue weighted by Crippen LogP contribution is 2.25. The smallest absolute Gasteiger partial charge is 0.408 e. The van der Waals surface area contributed by atoms with E-state index in [-0.39, 0.29) is 17.6 Å². The zero-order valence-electron chi connectivity index (χ0n) is 23.8. The van der Waals surface area contributed by atoms with Gasteiger partial charge in [-0.25, -0.2) is 4.79 Å². The molecular formula is C29H49N3O5. The number of phenols is 1. The molecule has 1 aromatic carbocycles. The van der Waals surface area contributed by atoms with Gasteiger partial charge >= 0.3 is 6.09 Å². The van der Waals surface area contributed by atoms with Gasteiger partial charge in [0.2, 0.25) is 11.8 Å². The lowest BCUT2D eigenvalue weighted by Crippen LogP contribution is -2.52. The first kappa shape index (κ1) is 32.3. The molecule has 0 aromatic heterocycles. The first-order chi connectivity index (χ1) is 17.5. The summed E-state index contributed by atoms with van der Waals surface area (Å²) < 4.78 is 5.33. The standard InChI is InChI=1S/C29H49N3O5/c1-7-9-11-12-13-15-21-32(27(35)22(3)31-28(36)37-29(4,5)6)25(23-16-18-24(33)19-17-23)26(34)30-20-14-10-8-2/h16-19,22,25,33H,7-15,20-21H2,1-6H3,(H,30,34)(H,31,36). The molecule has 0 saturated carbocycles. The number of nitrogens with zero attached hydrogens (tertiary/aromatic N) is 1. The van der Waals surface area contributed by atoms with E-state index < -0.39 is 23.8 Å². The molecule has 210 valence electrons. The molecule has 0 aliphatic heterocycles. The number of nitrogens with one attached hydrogen (secondary N) is 2. The van der Waals surface area contributed by atoms with Crippen LogP contribution in [0.5, 0.6) is 5.75 Å². The van der Waals surface area contributed by atoms with Gasteiger partial charge in [-0.1, -0.05) is 70.9 Å². The second kappa shape index (κ2) is 16.9. The molecule has 2 atom stereocenters. The third-order valence-corrected chi connectivity index (χ3v) is 5.99. The van der Waals surface area contributed by atoms with Crippen LogP contribution >= 0.6 is 0 Å². The third-order valence-electron chi connectivity index (χ3n) is 5.99. The number of aromatic hydroxyl groups is 1. The van der Waals surface area contributed by atoms with Crippen molar-refractivity contribution in [1.82, 2.24) is 15.5 Å². The number of phenolic OH excluding ortho intramolecular Hbond substituents is 1. The molecular weight excluding hydrogens is 470 g/mol. The van der Waals surface area contributed by atoms with Crippen molar-refractivity contribution in [3.8, 4) is 5.75 Å². The van der Waals surface area contributed by atoms with Gasteiger partial charge < -0.3 is 25.4 Å². The molecule has 0 spiro atoms. The first-order valence-corrected chi connectivity index (χ1v) is 13.9. The van der Waals surface area contributed by atoms with Crippen molar-refractivity contribution in [2.75, 3.05) is 13.1 Å². The Hall–Kier alpha value is -2.77. The van der Waals surface area contributed by atoms with Gasteiger partial charge in [0.1, 0.15) is 23.4 Å². The van der Waals surface area contributed by atoms with Crippen LogP contribution in [0.25, 0.3) is 0 Å². The maximum atomic E-state index is 13.7. The van der Waals surface area contributed by atoms with Crippen LogP contribution in [0.4, 0.5) is 4.79 Å². The minimum absolute atomic E-state index is 0.0830. The lowest BCUT2D eigenvalue weighted by Gasteiger charge is -2.34. The van der Waals surface area contributed by atoms with Gasteiger partial charge in [-0.3, -0.25) is 9.59 Å². The van der Waals surface area contributed by atoms with Gasteiger partial charge in [-0.05, 0) is 58.2 Å². The SMILES string of the molecule is CCCCCCCCN(C(=O)C(C)NC(=O)OC(C)(C)C)C(C(=O)NCCCCC)c1ccc(O)cc1. The van der Waals surface area contributed by atoms with Crippen LogP contribution in [-0.2, 0) is 14.3 Å². The maximum Gasteiger partial charge on any atom is 0.408 e. The van der Waals surface area contributed by atoms with E-state index >= 15 is 0 Å². The molecule has 8 heteroatoms. The van der Waals surface area contributed by atoms with Crippen LogP contribution in [0, 0.1) is 0 Å². The predicted octanol–water partition coefficient (Wildman–Crippen LogP) is 5.84. The van der Waals surface area contributed by atoms with E-state index in [1.54, 1.807) is 44.7 Å². The maximum absolute atomic E-state index is 13.7. The van der Waals surface area contributed by atoms with Crippen molar-refractivity contribution < 1.29 is 24.2 Å². The molecule has 1 rings (SSSR count). The van der Waals surface area contributed by atoms with Crippen molar-refractivity contribution in [3.63, 3.8) is 0 Å². The number of hydrogen-bond acceptors (Lipinski definition) is 5. The second-order valence-corrected chi connectivity index (χ2v) is 10.7.